The number of carbonyl (C=O) groups is 1. The van der Waals surface area contributed by atoms with Gasteiger partial charge < -0.3 is 34.8 Å². The Hall–Kier alpha value is -2.58. The Balaban J connectivity index is 1.23. The van der Waals surface area contributed by atoms with Crippen molar-refractivity contribution in [3.8, 4) is 11.5 Å². The Bertz CT molecular complexity index is 1250. The largest absolute Gasteiger partial charge is 0.507 e. The number of aryl methyl sites for hydroxylation is 1. The van der Waals surface area contributed by atoms with Crippen LogP contribution in [0.4, 0.5) is 0 Å². The summed E-state index contributed by atoms with van der Waals surface area (Å²) in [4.78, 5) is 11.8. The molecule has 1 saturated heterocycles. The van der Waals surface area contributed by atoms with Crippen LogP contribution in [-0.4, -0.2) is 86.6 Å². The molecule has 1 atom stereocenters. The lowest BCUT2D eigenvalue weighted by Crippen LogP contribution is -2.40. The zero-order chi connectivity index (χ0) is 31.1. The molecule has 1 aliphatic rings. The molecule has 1 heterocycles. The van der Waals surface area contributed by atoms with Gasteiger partial charge in [-0.3, -0.25) is 4.79 Å². The fourth-order valence-electron chi connectivity index (χ4n) is 4.90. The third-order valence-corrected chi connectivity index (χ3v) is 9.16. The number of hydrogen-bond acceptors (Lipinski definition) is 10. The van der Waals surface area contributed by atoms with E-state index in [0.717, 1.165) is 50.5 Å². The number of morpholine rings is 1. The van der Waals surface area contributed by atoms with E-state index in [2.05, 4.69) is 5.32 Å². The second kappa shape index (κ2) is 18.3. The first-order valence-electron chi connectivity index (χ1n) is 15.0. The third-order valence-electron chi connectivity index (χ3n) is 7.27. The predicted octanol–water partition coefficient (Wildman–Crippen LogP) is 3.05. The Labute approximate surface area is 254 Å². The standard InChI is InChI=1S/C31H46N2O9S/c1-24(35)42-31-27(12-13-29(36)28(31)23-34)30(37)22-32-14-5-2-3-6-17-40-18-7-4-9-25-10-8-11-26(21-25)43(38,39)33-15-19-41-20-16-33/h8,10-13,21,30,32,34,36-37H,2-7,9,14-20,22-23H2,1H3/t30-/m0/s1. The number of benzene rings is 2. The Morgan fingerprint density at radius 1 is 1.05 bits per heavy atom. The van der Waals surface area contributed by atoms with Crippen molar-refractivity contribution in [3.63, 3.8) is 0 Å². The quantitative estimate of drug-likeness (QED) is 0.104. The lowest BCUT2D eigenvalue weighted by atomic mass is 10.0. The normalized spacial score (nSPS) is 15.0. The number of nitrogens with zero attached hydrogens (tertiary/aromatic N) is 1. The molecule has 0 aromatic heterocycles. The molecule has 2 aromatic carbocycles. The molecule has 12 heteroatoms. The van der Waals surface area contributed by atoms with Crippen LogP contribution in [0.25, 0.3) is 0 Å². The highest BCUT2D eigenvalue weighted by Gasteiger charge is 2.26. The highest BCUT2D eigenvalue weighted by molar-refractivity contribution is 7.89. The molecular formula is C31H46N2O9S. The molecule has 4 N–H and O–H groups in total. The van der Waals surface area contributed by atoms with Crippen molar-refractivity contribution in [2.45, 2.75) is 69.5 Å². The average molecular weight is 623 g/mol. The SMILES string of the molecule is CC(=O)Oc1c([C@@H](O)CNCCCCCCOCCCCc2cccc(S(=O)(=O)N3CCOCC3)c2)ccc(O)c1CO. The van der Waals surface area contributed by atoms with Crippen LogP contribution in [0.15, 0.2) is 41.3 Å². The van der Waals surface area contributed by atoms with E-state index in [1.54, 1.807) is 12.1 Å². The van der Waals surface area contributed by atoms with Gasteiger partial charge >= 0.3 is 5.97 Å². The molecule has 0 unspecified atom stereocenters. The van der Waals surface area contributed by atoms with Crippen molar-refractivity contribution < 1.29 is 42.7 Å². The summed E-state index contributed by atoms with van der Waals surface area (Å²) in [7, 11) is -3.48. The molecule has 0 amide bonds. The molecule has 1 aliphatic heterocycles. The molecule has 11 nitrogen and oxygen atoms in total. The molecule has 0 aliphatic carbocycles. The molecule has 0 radical (unpaired) electrons. The molecule has 1 fully saturated rings. The summed E-state index contributed by atoms with van der Waals surface area (Å²) in [5.74, 6) is -0.813. The first kappa shape index (κ1) is 34.9. The van der Waals surface area contributed by atoms with E-state index in [0.29, 0.717) is 56.5 Å². The van der Waals surface area contributed by atoms with Crippen molar-refractivity contribution in [3.05, 3.63) is 53.1 Å². The number of phenols is 1. The van der Waals surface area contributed by atoms with Gasteiger partial charge in [0.2, 0.25) is 10.0 Å². The van der Waals surface area contributed by atoms with E-state index in [9.17, 15) is 28.5 Å². The molecule has 0 spiro atoms. The van der Waals surface area contributed by atoms with Gasteiger partial charge in [-0.15, -0.1) is 0 Å². The number of aliphatic hydroxyl groups is 2. The second-order valence-corrected chi connectivity index (χ2v) is 12.5. The van der Waals surface area contributed by atoms with Crippen molar-refractivity contribution in [2.24, 2.45) is 0 Å². The Kier molecular flexibility index (Phi) is 14.8. The summed E-state index contributed by atoms with van der Waals surface area (Å²) in [5, 5.41) is 33.2. The maximum atomic E-state index is 12.9. The fourth-order valence-corrected chi connectivity index (χ4v) is 6.38. The van der Waals surface area contributed by atoms with Crippen LogP contribution >= 0.6 is 0 Å². The topological polar surface area (TPSA) is 155 Å². The van der Waals surface area contributed by atoms with E-state index in [1.807, 2.05) is 12.1 Å². The average Bonchev–Trinajstić information content (AvgIpc) is 3.00. The van der Waals surface area contributed by atoms with Crippen LogP contribution in [-0.2, 0) is 37.3 Å². The van der Waals surface area contributed by atoms with Gasteiger partial charge in [0.1, 0.15) is 11.5 Å². The van der Waals surface area contributed by atoms with Crippen LogP contribution < -0.4 is 10.1 Å². The third kappa shape index (κ3) is 11.1. The molecule has 43 heavy (non-hydrogen) atoms. The minimum atomic E-state index is -3.48. The number of sulfonamides is 1. The predicted molar refractivity (Wildman–Crippen MR) is 161 cm³/mol. The van der Waals surface area contributed by atoms with Gasteiger partial charge in [0.05, 0.1) is 36.4 Å². The first-order valence-corrected chi connectivity index (χ1v) is 16.5. The van der Waals surface area contributed by atoms with E-state index >= 15 is 0 Å². The lowest BCUT2D eigenvalue weighted by Gasteiger charge is -2.26. The minimum Gasteiger partial charge on any atom is -0.507 e. The van der Waals surface area contributed by atoms with Crippen LogP contribution in [0.1, 0.15) is 68.2 Å². The summed E-state index contributed by atoms with van der Waals surface area (Å²) < 4.78 is 43.4. The van der Waals surface area contributed by atoms with Gasteiger partial charge in [-0.05, 0) is 68.5 Å². The molecule has 3 rings (SSSR count). The number of aromatic hydroxyl groups is 1. The van der Waals surface area contributed by atoms with Gasteiger partial charge in [0, 0.05) is 45.3 Å². The van der Waals surface area contributed by atoms with E-state index < -0.39 is 28.7 Å². The summed E-state index contributed by atoms with van der Waals surface area (Å²) in [6.45, 7) is 4.66. The number of hydrogen-bond donors (Lipinski definition) is 4. The van der Waals surface area contributed by atoms with Crippen molar-refractivity contribution >= 4 is 16.0 Å². The number of rotatable bonds is 19. The number of nitrogens with one attached hydrogen (secondary N) is 1. The Morgan fingerprint density at radius 2 is 1.77 bits per heavy atom. The fraction of sp³-hybridized carbons (Fsp3) is 0.581. The molecule has 0 bridgehead atoms. The highest BCUT2D eigenvalue weighted by atomic mass is 32.2. The van der Waals surface area contributed by atoms with Crippen molar-refractivity contribution in [2.75, 3.05) is 52.6 Å². The smallest absolute Gasteiger partial charge is 0.308 e. The molecule has 2 aromatic rings. The van der Waals surface area contributed by atoms with E-state index in [1.165, 1.54) is 23.4 Å². The minimum absolute atomic E-state index is 0.00608. The van der Waals surface area contributed by atoms with Crippen LogP contribution in [0.3, 0.4) is 0 Å². The first-order chi connectivity index (χ1) is 20.7. The molecule has 240 valence electrons. The summed E-state index contributed by atoms with van der Waals surface area (Å²) in [5.41, 5.74) is 1.40. The number of esters is 1. The Morgan fingerprint density at radius 3 is 2.49 bits per heavy atom. The zero-order valence-corrected chi connectivity index (χ0v) is 25.8. The van der Waals surface area contributed by atoms with Gasteiger partial charge in [0.25, 0.3) is 0 Å². The molecule has 0 saturated carbocycles. The van der Waals surface area contributed by atoms with Crippen LogP contribution in [0.5, 0.6) is 11.5 Å². The van der Waals surface area contributed by atoms with E-state index in [4.69, 9.17) is 14.2 Å². The van der Waals surface area contributed by atoms with Gasteiger partial charge in [-0.25, -0.2) is 8.42 Å². The lowest BCUT2D eigenvalue weighted by molar-refractivity contribution is -0.132. The maximum absolute atomic E-state index is 12.9. The van der Waals surface area contributed by atoms with Crippen molar-refractivity contribution in [1.29, 1.82) is 0 Å². The number of unbranched alkanes of at least 4 members (excludes halogenated alkanes) is 4. The van der Waals surface area contributed by atoms with Crippen LogP contribution in [0.2, 0.25) is 0 Å². The zero-order valence-electron chi connectivity index (χ0n) is 25.0. The number of carbonyl (C=O) groups excluding carboxylic acids is 1. The summed E-state index contributed by atoms with van der Waals surface area (Å²) in [6, 6.07) is 10.1. The molecular weight excluding hydrogens is 576 g/mol. The number of ether oxygens (including phenoxy) is 3. The van der Waals surface area contributed by atoms with Gasteiger partial charge in [-0.2, -0.15) is 4.31 Å². The summed E-state index contributed by atoms with van der Waals surface area (Å²) >= 11 is 0. The van der Waals surface area contributed by atoms with Gasteiger partial charge in [0.15, 0.2) is 0 Å². The van der Waals surface area contributed by atoms with Crippen molar-refractivity contribution in [1.82, 2.24) is 9.62 Å². The monoisotopic (exact) mass is 622 g/mol. The summed E-state index contributed by atoms with van der Waals surface area (Å²) in [6.07, 6.45) is 5.61. The number of aliphatic hydroxyl groups excluding tert-OH is 2. The second-order valence-electron chi connectivity index (χ2n) is 10.6. The van der Waals surface area contributed by atoms with Gasteiger partial charge in [-0.1, -0.05) is 25.0 Å². The van der Waals surface area contributed by atoms with E-state index in [-0.39, 0.29) is 23.6 Å². The highest BCUT2D eigenvalue weighted by Crippen LogP contribution is 2.35. The maximum Gasteiger partial charge on any atom is 0.308 e. The van der Waals surface area contributed by atoms with Crippen LogP contribution in [0, 0.1) is 0 Å².